The smallest absolute Gasteiger partial charge is 0.00244 e. The number of hydrogen-bond donors (Lipinski definition) is 0. The van der Waals surface area contributed by atoms with E-state index in [-0.39, 0.29) is 0 Å². The summed E-state index contributed by atoms with van der Waals surface area (Å²) in [5.41, 5.74) is 0. The molecule has 0 aromatic heterocycles. The fourth-order valence-corrected chi connectivity index (χ4v) is 0.760. The Labute approximate surface area is 50.8 Å². The molecule has 0 radical (unpaired) electrons. The van der Waals surface area contributed by atoms with E-state index < -0.39 is 9.74 Å². The maximum atomic E-state index is 10.1. The van der Waals surface area contributed by atoms with Crippen molar-refractivity contribution >= 4 is 20.9 Å². The summed E-state index contributed by atoms with van der Waals surface area (Å²) >= 11 is 4.37. The van der Waals surface area contributed by atoms with Crippen LogP contribution < -0.4 is 0 Å². The van der Waals surface area contributed by atoms with Gasteiger partial charge >= 0.3 is 0 Å². The Hall–Kier alpha value is 0.270. The predicted molar refractivity (Wildman–Crippen MR) is 35.2 cm³/mol. The highest BCUT2D eigenvalue weighted by molar-refractivity contribution is 8.25. The van der Waals surface area contributed by atoms with Crippen LogP contribution in [0.25, 0.3) is 0 Å². The summed E-state index contributed by atoms with van der Waals surface area (Å²) in [5, 5.41) is 0. The van der Waals surface area contributed by atoms with E-state index in [0.717, 1.165) is 0 Å². The third-order valence-electron chi connectivity index (χ3n) is 0.468. The van der Waals surface area contributed by atoms with Crippen molar-refractivity contribution in [3.63, 3.8) is 0 Å². The Morgan fingerprint density at radius 3 is 2.57 bits per heavy atom. The van der Waals surface area contributed by atoms with Crippen LogP contribution in [0.2, 0.25) is 0 Å². The molecule has 0 aliphatic heterocycles. The molecule has 1 unspecified atom stereocenters. The molecule has 0 heterocycles. The van der Waals surface area contributed by atoms with E-state index in [9.17, 15) is 4.55 Å². The summed E-state index contributed by atoms with van der Waals surface area (Å²) < 4.78 is 10.1. The first-order chi connectivity index (χ1) is 3.27. The zero-order valence-electron chi connectivity index (χ0n) is 4.09. The minimum atomic E-state index is -1.07. The Balaban J connectivity index is 3.14. The Morgan fingerprint density at radius 2 is 2.43 bits per heavy atom. The monoisotopic (exact) mass is 135 g/mol. The normalized spacial score (nSPS) is 15.1. The lowest BCUT2D eigenvalue weighted by molar-refractivity contribution is 0.614. The fraction of sp³-hybridized carbons (Fsp3) is 0.500. The lowest BCUT2D eigenvalue weighted by Crippen LogP contribution is -1.86. The van der Waals surface area contributed by atoms with E-state index in [2.05, 4.69) is 11.2 Å². The van der Waals surface area contributed by atoms with Gasteiger partial charge in [0.15, 0.2) is 0 Å². The van der Waals surface area contributed by atoms with E-state index in [1.165, 1.54) is 0 Å². The summed E-state index contributed by atoms with van der Waals surface area (Å²) in [5.74, 6) is 0.506. The third kappa shape index (κ3) is 6.27. The van der Waals surface area contributed by atoms with Gasteiger partial charge in [-0.05, 0) is 6.92 Å². The van der Waals surface area contributed by atoms with Crippen LogP contribution in [0.3, 0.4) is 0 Å². The molecule has 1 nitrogen and oxygen atoms in total. The van der Waals surface area contributed by atoms with Crippen molar-refractivity contribution < 1.29 is 4.55 Å². The molecule has 0 aliphatic carbocycles. The van der Waals surface area contributed by atoms with Crippen molar-refractivity contribution in [2.75, 3.05) is 5.75 Å². The van der Waals surface area contributed by atoms with Crippen LogP contribution in [-0.2, 0) is 20.9 Å². The van der Waals surface area contributed by atoms with E-state index in [4.69, 9.17) is 0 Å². The van der Waals surface area contributed by atoms with Gasteiger partial charge in [0, 0.05) is 5.75 Å². The molecular weight excluding hydrogens is 128 g/mol. The van der Waals surface area contributed by atoms with E-state index >= 15 is 0 Å². The summed E-state index contributed by atoms with van der Waals surface area (Å²) in [6, 6.07) is 0. The maximum absolute atomic E-state index is 10.1. The van der Waals surface area contributed by atoms with Gasteiger partial charge in [0.25, 0.3) is 0 Å². The van der Waals surface area contributed by atoms with E-state index in [1.54, 1.807) is 6.08 Å². The Kier molecular flexibility index (Phi) is 4.60. The van der Waals surface area contributed by atoms with Gasteiger partial charge in [-0.1, -0.05) is 23.3 Å². The number of allylic oxidation sites excluding steroid dienone is 1. The van der Waals surface area contributed by atoms with Gasteiger partial charge in [0.1, 0.15) is 0 Å². The average Bonchev–Trinajstić information content (AvgIpc) is 1.61. The first-order valence-electron chi connectivity index (χ1n) is 1.94. The quantitative estimate of drug-likeness (QED) is 0.522. The maximum Gasteiger partial charge on any atom is 0.00244 e. The topological polar surface area (TPSA) is 23.1 Å². The fourth-order valence-electron chi connectivity index (χ4n) is 0.175. The van der Waals surface area contributed by atoms with Crippen molar-refractivity contribution in [1.29, 1.82) is 0 Å². The molecule has 0 bridgehead atoms. The summed E-state index contributed by atoms with van der Waals surface area (Å²) in [7, 11) is -1.07. The number of hydrogen-bond acceptors (Lipinski definition) is 2. The van der Waals surface area contributed by atoms with Crippen molar-refractivity contribution in [2.45, 2.75) is 6.92 Å². The minimum absolute atomic E-state index is 0.506. The third-order valence-corrected chi connectivity index (χ3v) is 1.34. The highest BCUT2D eigenvalue weighted by Gasteiger charge is 1.65. The molecule has 0 amide bonds. The van der Waals surface area contributed by atoms with Gasteiger partial charge in [-0.25, -0.2) is 9.74 Å². The zero-order valence-corrected chi connectivity index (χ0v) is 5.72. The second-order valence-electron chi connectivity index (χ2n) is 1.04. The van der Waals surface area contributed by atoms with Crippen LogP contribution in [0.5, 0.6) is 0 Å². The molecule has 0 N–H and O–H groups in total. The second kappa shape index (κ2) is 4.43. The summed E-state index contributed by atoms with van der Waals surface area (Å²) in [6.45, 7) is 1.88. The lowest BCUT2D eigenvalue weighted by Gasteiger charge is -2.01. The summed E-state index contributed by atoms with van der Waals surface area (Å²) in [4.78, 5) is 0. The van der Waals surface area contributed by atoms with Gasteiger partial charge in [-0.3, -0.25) is 0 Å². The van der Waals surface area contributed by atoms with Crippen LogP contribution in [0.1, 0.15) is 6.92 Å². The molecule has 0 spiro atoms. The Bertz CT molecular complexity index is 87.7. The molecule has 0 rings (SSSR count). The largest absolute Gasteiger partial charge is 0.794 e. The van der Waals surface area contributed by atoms with Crippen molar-refractivity contribution in [1.82, 2.24) is 0 Å². The molecule has 0 aromatic carbocycles. The summed E-state index contributed by atoms with van der Waals surface area (Å²) in [6.07, 6.45) is 3.63. The van der Waals surface area contributed by atoms with Crippen LogP contribution in [-0.4, -0.2) is 10.3 Å². The lowest BCUT2D eigenvalue weighted by atomic mass is 10.6. The molecule has 0 fully saturated rings. The molecule has 3 heteroatoms. The van der Waals surface area contributed by atoms with Gasteiger partial charge < -0.3 is 4.55 Å². The highest BCUT2D eigenvalue weighted by atomic mass is 32.8. The van der Waals surface area contributed by atoms with Crippen LogP contribution in [0.4, 0.5) is 0 Å². The van der Waals surface area contributed by atoms with E-state index in [0.29, 0.717) is 5.75 Å². The van der Waals surface area contributed by atoms with Gasteiger partial charge in [0.2, 0.25) is 0 Å². The molecule has 0 aliphatic rings. The van der Waals surface area contributed by atoms with Crippen molar-refractivity contribution in [3.8, 4) is 0 Å². The first kappa shape index (κ1) is 7.27. The average molecular weight is 135 g/mol. The standard InChI is InChI=1S/C4H8OS2/c1-2-3-4-7(5)6/h2-3H,4H2,1H3,(H,5,6)/p-1. The molecule has 0 saturated heterocycles. The second-order valence-corrected chi connectivity index (χ2v) is 3.10. The molecule has 0 aromatic rings. The van der Waals surface area contributed by atoms with E-state index in [1.807, 2.05) is 13.0 Å². The molecule has 42 valence electrons. The van der Waals surface area contributed by atoms with Crippen LogP contribution in [0, 0.1) is 0 Å². The molecule has 7 heavy (non-hydrogen) atoms. The molecular formula is C4H7OS2-. The van der Waals surface area contributed by atoms with Gasteiger partial charge in [0.05, 0.1) is 0 Å². The first-order valence-corrected chi connectivity index (χ1v) is 4.18. The van der Waals surface area contributed by atoms with Crippen molar-refractivity contribution in [2.24, 2.45) is 0 Å². The zero-order chi connectivity index (χ0) is 5.70. The highest BCUT2D eigenvalue weighted by Crippen LogP contribution is 1.75. The van der Waals surface area contributed by atoms with Crippen molar-refractivity contribution in [3.05, 3.63) is 12.2 Å². The number of rotatable bonds is 2. The molecule has 0 saturated carbocycles. The molecule has 1 atom stereocenters. The van der Waals surface area contributed by atoms with Crippen LogP contribution in [0.15, 0.2) is 12.2 Å². The van der Waals surface area contributed by atoms with Gasteiger partial charge in [-0.2, -0.15) is 0 Å². The SMILES string of the molecule is CC=CCS([O-])=S. The van der Waals surface area contributed by atoms with Gasteiger partial charge in [-0.15, -0.1) is 0 Å². The predicted octanol–water partition coefficient (Wildman–Crippen LogP) is 0.773. The minimum Gasteiger partial charge on any atom is -0.794 e. The van der Waals surface area contributed by atoms with Crippen LogP contribution >= 0.6 is 0 Å². The Morgan fingerprint density at radius 1 is 1.86 bits per heavy atom.